The number of pyridine rings is 1. The monoisotopic (exact) mass is 566 g/mol. The number of alkyl halides is 2. The van der Waals surface area contributed by atoms with E-state index in [-0.39, 0.29) is 17.4 Å². The Morgan fingerprint density at radius 3 is 2.66 bits per heavy atom. The quantitative estimate of drug-likeness (QED) is 0.204. The number of hydrogen-bond acceptors (Lipinski definition) is 10. The van der Waals surface area contributed by atoms with Crippen LogP contribution in [0.15, 0.2) is 55.4 Å². The van der Waals surface area contributed by atoms with Crippen LogP contribution < -0.4 is 25.6 Å². The SMILES string of the molecule is C=CC(=O)Nc1cc(Nc2nccc(-n3nc(NCC)c4ncccc43)n2)c(OC(F)F)cc1N(C)CCN(C)C. The Morgan fingerprint density at radius 1 is 1.15 bits per heavy atom. The molecule has 0 atom stereocenters. The lowest BCUT2D eigenvalue weighted by Crippen LogP contribution is -2.29. The van der Waals surface area contributed by atoms with Gasteiger partial charge >= 0.3 is 6.61 Å². The summed E-state index contributed by atoms with van der Waals surface area (Å²) in [5, 5.41) is 13.5. The summed E-state index contributed by atoms with van der Waals surface area (Å²) in [7, 11) is 5.63. The second kappa shape index (κ2) is 13.0. The standard InChI is InChI=1S/C27H32F2N10O2/c1-6-23(40)33-17-15-18(21(41-26(28)29)16-20(17)38(5)14-13-37(3)4)34-27-32-12-10-22(35-27)39-19-9-8-11-31-24(19)25(36-39)30-7-2/h6,8-12,15-16,26H,1,7,13-14H2,2-5H3,(H,30,36)(H,33,40)(H,32,34,35). The Kier molecular flexibility index (Phi) is 9.24. The van der Waals surface area contributed by atoms with Gasteiger partial charge in [-0.15, -0.1) is 5.10 Å². The van der Waals surface area contributed by atoms with Crippen LogP contribution in [0.2, 0.25) is 0 Å². The number of hydrogen-bond donors (Lipinski definition) is 3. The van der Waals surface area contributed by atoms with Crippen molar-refractivity contribution in [1.29, 1.82) is 0 Å². The van der Waals surface area contributed by atoms with Crippen LogP contribution in [0.5, 0.6) is 5.75 Å². The van der Waals surface area contributed by atoms with Crippen molar-refractivity contribution in [3.8, 4) is 11.6 Å². The van der Waals surface area contributed by atoms with Crippen molar-refractivity contribution < 1.29 is 18.3 Å². The van der Waals surface area contributed by atoms with Gasteiger partial charge in [-0.3, -0.25) is 9.78 Å². The second-order valence-electron chi connectivity index (χ2n) is 9.19. The molecule has 12 nitrogen and oxygen atoms in total. The maximum Gasteiger partial charge on any atom is 0.387 e. The van der Waals surface area contributed by atoms with Crippen LogP contribution in [0.25, 0.3) is 16.9 Å². The summed E-state index contributed by atoms with van der Waals surface area (Å²) < 4.78 is 33.4. The molecule has 0 fully saturated rings. The Morgan fingerprint density at radius 2 is 1.95 bits per heavy atom. The average molecular weight is 567 g/mol. The minimum atomic E-state index is -3.09. The minimum absolute atomic E-state index is 0.0915. The Balaban J connectivity index is 1.75. The number of ether oxygens (including phenoxy) is 1. The number of aromatic nitrogens is 5. The van der Waals surface area contributed by atoms with Crippen molar-refractivity contribution in [2.24, 2.45) is 0 Å². The Hall–Kier alpha value is -4.85. The number of anilines is 5. The van der Waals surface area contributed by atoms with Gasteiger partial charge < -0.3 is 30.5 Å². The Bertz CT molecular complexity index is 1530. The fourth-order valence-corrected chi connectivity index (χ4v) is 3.99. The van der Waals surface area contributed by atoms with E-state index < -0.39 is 12.5 Å². The van der Waals surface area contributed by atoms with Gasteiger partial charge in [-0.1, -0.05) is 6.58 Å². The van der Waals surface area contributed by atoms with Crippen LogP contribution in [0, 0.1) is 0 Å². The van der Waals surface area contributed by atoms with Crippen molar-refractivity contribution >= 4 is 45.8 Å². The molecule has 0 saturated carbocycles. The first-order valence-electron chi connectivity index (χ1n) is 12.8. The molecule has 3 heterocycles. The number of carbonyl (C=O) groups excluding carboxylic acids is 1. The Labute approximate surface area is 236 Å². The third kappa shape index (κ3) is 7.03. The van der Waals surface area contributed by atoms with Crippen LogP contribution in [0.3, 0.4) is 0 Å². The third-order valence-electron chi connectivity index (χ3n) is 5.94. The van der Waals surface area contributed by atoms with E-state index in [0.717, 1.165) is 11.6 Å². The molecule has 41 heavy (non-hydrogen) atoms. The molecule has 0 aliphatic rings. The zero-order chi connectivity index (χ0) is 29.5. The van der Waals surface area contributed by atoms with E-state index in [2.05, 4.69) is 42.6 Å². The molecule has 0 aliphatic heterocycles. The number of nitrogens with one attached hydrogen (secondary N) is 3. The summed E-state index contributed by atoms with van der Waals surface area (Å²) in [5.41, 5.74) is 2.34. The van der Waals surface area contributed by atoms with Crippen LogP contribution in [-0.4, -0.2) is 82.9 Å². The molecule has 4 rings (SSSR count). The molecule has 0 bridgehead atoms. The van der Waals surface area contributed by atoms with E-state index in [0.29, 0.717) is 48.2 Å². The summed E-state index contributed by atoms with van der Waals surface area (Å²) in [6, 6.07) is 8.24. The van der Waals surface area contributed by atoms with Gasteiger partial charge in [0.05, 0.1) is 22.6 Å². The number of benzene rings is 1. The summed E-state index contributed by atoms with van der Waals surface area (Å²) >= 11 is 0. The third-order valence-corrected chi connectivity index (χ3v) is 5.94. The molecule has 3 aromatic heterocycles. The lowest BCUT2D eigenvalue weighted by molar-refractivity contribution is -0.111. The van der Waals surface area contributed by atoms with E-state index >= 15 is 0 Å². The van der Waals surface area contributed by atoms with Crippen LogP contribution in [0.4, 0.5) is 37.6 Å². The van der Waals surface area contributed by atoms with Gasteiger partial charge in [0.25, 0.3) is 0 Å². The number of nitrogens with zero attached hydrogens (tertiary/aromatic N) is 7. The first-order valence-corrected chi connectivity index (χ1v) is 12.8. The highest BCUT2D eigenvalue weighted by Gasteiger charge is 2.20. The van der Waals surface area contributed by atoms with Gasteiger partial charge in [-0.05, 0) is 45.3 Å². The lowest BCUT2D eigenvalue weighted by Gasteiger charge is -2.26. The topological polar surface area (TPSA) is 125 Å². The van der Waals surface area contributed by atoms with Gasteiger partial charge in [0.15, 0.2) is 17.4 Å². The van der Waals surface area contributed by atoms with Crippen LogP contribution in [0.1, 0.15) is 6.92 Å². The summed E-state index contributed by atoms with van der Waals surface area (Å²) in [6.45, 7) is 4.25. The van der Waals surface area contributed by atoms with E-state index in [9.17, 15) is 13.6 Å². The molecule has 0 aliphatic carbocycles. The molecule has 1 amide bonds. The molecule has 216 valence electrons. The largest absolute Gasteiger partial charge is 0.433 e. The molecule has 3 N–H and O–H groups in total. The maximum atomic E-state index is 13.5. The number of rotatable bonds is 13. The van der Waals surface area contributed by atoms with E-state index in [4.69, 9.17) is 4.74 Å². The van der Waals surface area contributed by atoms with Gasteiger partial charge in [0.2, 0.25) is 11.9 Å². The lowest BCUT2D eigenvalue weighted by atomic mass is 10.2. The number of amides is 1. The summed E-state index contributed by atoms with van der Waals surface area (Å²) in [5.74, 6) is 0.491. The maximum absolute atomic E-state index is 13.5. The minimum Gasteiger partial charge on any atom is -0.433 e. The predicted molar refractivity (Wildman–Crippen MR) is 156 cm³/mol. The molecule has 14 heteroatoms. The van der Waals surface area contributed by atoms with Gasteiger partial charge in [-0.25, -0.2) is 9.67 Å². The molecule has 1 aromatic carbocycles. The molecule has 4 aromatic rings. The summed E-state index contributed by atoms with van der Waals surface area (Å²) in [4.78, 5) is 29.3. The predicted octanol–water partition coefficient (Wildman–Crippen LogP) is 4.11. The van der Waals surface area contributed by atoms with Gasteiger partial charge in [0, 0.05) is 51.2 Å². The van der Waals surface area contributed by atoms with E-state index in [1.807, 2.05) is 36.9 Å². The smallest absolute Gasteiger partial charge is 0.387 e. The molecular formula is C27H32F2N10O2. The number of likely N-dealkylation sites (N-methyl/N-ethyl adjacent to an activating group) is 2. The molecule has 0 radical (unpaired) electrons. The van der Waals surface area contributed by atoms with E-state index in [1.54, 1.807) is 30.1 Å². The van der Waals surface area contributed by atoms with Gasteiger partial charge in [0.1, 0.15) is 5.52 Å². The van der Waals surface area contributed by atoms with Crippen molar-refractivity contribution in [3.63, 3.8) is 0 Å². The molecule has 0 saturated heterocycles. The van der Waals surface area contributed by atoms with Crippen molar-refractivity contribution in [3.05, 3.63) is 55.4 Å². The molecule has 0 unspecified atom stereocenters. The first kappa shape index (κ1) is 29.1. The fraction of sp³-hybridized carbons (Fsp3) is 0.296. The van der Waals surface area contributed by atoms with Crippen LogP contribution >= 0.6 is 0 Å². The normalized spacial score (nSPS) is 11.1. The first-order chi connectivity index (χ1) is 19.7. The summed E-state index contributed by atoms with van der Waals surface area (Å²) in [6.07, 6.45) is 4.31. The highest BCUT2D eigenvalue weighted by Crippen LogP contribution is 2.39. The molecular weight excluding hydrogens is 534 g/mol. The zero-order valence-electron chi connectivity index (χ0n) is 23.2. The fourth-order valence-electron chi connectivity index (χ4n) is 3.99. The highest BCUT2D eigenvalue weighted by molar-refractivity contribution is 6.02. The number of carbonyl (C=O) groups is 1. The number of halogens is 2. The van der Waals surface area contributed by atoms with Gasteiger partial charge in [-0.2, -0.15) is 13.8 Å². The average Bonchev–Trinajstić information content (AvgIpc) is 3.31. The van der Waals surface area contributed by atoms with E-state index in [1.165, 1.54) is 18.3 Å². The number of fused-ring (bicyclic) bond motifs is 1. The van der Waals surface area contributed by atoms with Crippen LogP contribution in [-0.2, 0) is 4.79 Å². The van der Waals surface area contributed by atoms with Crippen molar-refractivity contribution in [2.45, 2.75) is 13.5 Å². The molecule has 0 spiro atoms. The second-order valence-corrected chi connectivity index (χ2v) is 9.19. The van der Waals surface area contributed by atoms with Crippen molar-refractivity contribution in [1.82, 2.24) is 29.6 Å². The van der Waals surface area contributed by atoms with Crippen molar-refractivity contribution in [2.75, 3.05) is 61.6 Å². The zero-order valence-corrected chi connectivity index (χ0v) is 23.2. The highest BCUT2D eigenvalue weighted by atomic mass is 19.3.